The summed E-state index contributed by atoms with van der Waals surface area (Å²) >= 11 is 1.65. The summed E-state index contributed by atoms with van der Waals surface area (Å²) in [7, 11) is 0. The number of rotatable bonds is 9. The summed E-state index contributed by atoms with van der Waals surface area (Å²) in [4.78, 5) is 3.64. The predicted molar refractivity (Wildman–Crippen MR) is 117 cm³/mol. The minimum absolute atomic E-state index is 0.0781. The van der Waals surface area contributed by atoms with Crippen molar-refractivity contribution in [3.8, 4) is 0 Å². The van der Waals surface area contributed by atoms with E-state index in [0.717, 1.165) is 43.1 Å². The van der Waals surface area contributed by atoms with Crippen molar-refractivity contribution in [3.05, 3.63) is 59.1 Å². The van der Waals surface area contributed by atoms with Crippen molar-refractivity contribution in [1.82, 2.24) is 4.90 Å². The summed E-state index contributed by atoms with van der Waals surface area (Å²) in [5, 5.41) is 15.4. The zero-order chi connectivity index (χ0) is 19.9. The number of allylic oxidation sites excluding steroid dienone is 1. The van der Waals surface area contributed by atoms with Crippen LogP contribution in [-0.2, 0) is 9.47 Å². The highest BCUT2D eigenvalue weighted by Gasteiger charge is 2.24. The SMILES string of the molecule is OC(CSc1ccccc1)[N-]C(CC1=CCC2OCCOC2=C1)CN1CCCC1. The molecule has 158 valence electrons. The number of hydrogen-bond acceptors (Lipinski definition) is 5. The molecule has 3 atom stereocenters. The second kappa shape index (κ2) is 10.6. The van der Waals surface area contributed by atoms with E-state index in [9.17, 15) is 5.11 Å². The van der Waals surface area contributed by atoms with Gasteiger partial charge in [-0.2, -0.15) is 0 Å². The predicted octanol–water partition coefficient (Wildman–Crippen LogP) is 3.95. The summed E-state index contributed by atoms with van der Waals surface area (Å²) in [5.74, 6) is 1.54. The number of aliphatic hydroxyl groups is 1. The van der Waals surface area contributed by atoms with Crippen LogP contribution in [0.1, 0.15) is 25.7 Å². The number of fused-ring (bicyclic) bond motifs is 1. The number of nitrogens with zero attached hydrogens (tertiary/aromatic N) is 2. The van der Waals surface area contributed by atoms with Gasteiger partial charge in [0.1, 0.15) is 18.5 Å². The van der Waals surface area contributed by atoms with E-state index in [0.29, 0.717) is 19.0 Å². The van der Waals surface area contributed by atoms with Crippen molar-refractivity contribution in [2.24, 2.45) is 0 Å². The van der Waals surface area contributed by atoms with E-state index in [4.69, 9.17) is 14.8 Å². The summed E-state index contributed by atoms with van der Waals surface area (Å²) in [6.07, 6.45) is 8.02. The Kier molecular flexibility index (Phi) is 7.68. The third kappa shape index (κ3) is 6.33. The van der Waals surface area contributed by atoms with Crippen LogP contribution >= 0.6 is 11.8 Å². The molecule has 0 aromatic heterocycles. The maximum absolute atomic E-state index is 10.6. The Hall–Kier alpha value is -1.31. The quantitative estimate of drug-likeness (QED) is 0.619. The topological polar surface area (TPSA) is 56.0 Å². The first-order valence-corrected chi connectivity index (χ1v) is 11.7. The average molecular weight is 416 g/mol. The molecule has 0 saturated carbocycles. The van der Waals surface area contributed by atoms with Crippen LogP contribution in [0, 0.1) is 0 Å². The lowest BCUT2D eigenvalue weighted by Gasteiger charge is -2.39. The molecule has 0 radical (unpaired) electrons. The van der Waals surface area contributed by atoms with Crippen LogP contribution in [0.15, 0.2) is 58.7 Å². The molecule has 6 heteroatoms. The van der Waals surface area contributed by atoms with Gasteiger partial charge in [-0.1, -0.05) is 24.3 Å². The fourth-order valence-corrected chi connectivity index (χ4v) is 4.94. The van der Waals surface area contributed by atoms with Crippen LogP contribution in [0.2, 0.25) is 0 Å². The molecule has 4 rings (SSSR count). The Bertz CT molecular complexity index is 703. The fraction of sp³-hybridized carbons (Fsp3) is 0.565. The molecule has 3 aliphatic rings. The van der Waals surface area contributed by atoms with Gasteiger partial charge in [0.25, 0.3) is 0 Å². The summed E-state index contributed by atoms with van der Waals surface area (Å²) in [6.45, 7) is 4.49. The lowest BCUT2D eigenvalue weighted by atomic mass is 9.96. The Balaban J connectivity index is 1.34. The van der Waals surface area contributed by atoms with Crippen molar-refractivity contribution in [2.75, 3.05) is 38.6 Å². The second-order valence-corrected chi connectivity index (χ2v) is 8.98. The smallest absolute Gasteiger partial charge is 0.125 e. The lowest BCUT2D eigenvalue weighted by Crippen LogP contribution is -2.33. The molecule has 1 aromatic rings. The molecule has 1 aromatic carbocycles. The van der Waals surface area contributed by atoms with Gasteiger partial charge in [-0.25, -0.2) is 0 Å². The fourth-order valence-electron chi connectivity index (χ4n) is 4.16. The monoisotopic (exact) mass is 415 g/mol. The molecule has 0 amide bonds. The highest BCUT2D eigenvalue weighted by atomic mass is 32.2. The molecule has 0 bridgehead atoms. The van der Waals surface area contributed by atoms with E-state index in [1.54, 1.807) is 11.8 Å². The maximum atomic E-state index is 10.6. The number of likely N-dealkylation sites (tertiary alicyclic amines) is 1. The first-order chi connectivity index (χ1) is 14.3. The van der Waals surface area contributed by atoms with Gasteiger partial charge in [0.15, 0.2) is 0 Å². The zero-order valence-electron chi connectivity index (χ0n) is 16.9. The van der Waals surface area contributed by atoms with Gasteiger partial charge in [0.05, 0.1) is 6.61 Å². The van der Waals surface area contributed by atoms with Gasteiger partial charge in [0, 0.05) is 10.6 Å². The van der Waals surface area contributed by atoms with E-state index in [1.165, 1.54) is 18.4 Å². The van der Waals surface area contributed by atoms with Crippen LogP contribution in [-0.4, -0.2) is 67.0 Å². The van der Waals surface area contributed by atoms with Crippen molar-refractivity contribution in [1.29, 1.82) is 0 Å². The third-order valence-corrected chi connectivity index (χ3v) is 6.64. The van der Waals surface area contributed by atoms with Crippen molar-refractivity contribution >= 4 is 11.8 Å². The van der Waals surface area contributed by atoms with Crippen LogP contribution in [0.3, 0.4) is 0 Å². The highest BCUT2D eigenvalue weighted by Crippen LogP contribution is 2.29. The summed E-state index contributed by atoms with van der Waals surface area (Å²) in [6, 6.07) is 10.3. The number of benzene rings is 1. The number of aliphatic hydroxyl groups excluding tert-OH is 1. The van der Waals surface area contributed by atoms with E-state index < -0.39 is 6.23 Å². The minimum atomic E-state index is -0.660. The Morgan fingerprint density at radius 1 is 1.17 bits per heavy atom. The van der Waals surface area contributed by atoms with E-state index in [-0.39, 0.29) is 12.1 Å². The standard InChI is InChI=1S/C23H31N2O3S/c26-23(17-29-20-6-2-1-3-7-20)24-19(16-25-10-4-5-11-25)14-18-8-9-21-22(15-18)28-13-12-27-21/h1-3,6-8,15,19,21,23,26H,4-5,9-14,16-17H2/q-1. The van der Waals surface area contributed by atoms with Gasteiger partial charge in [-0.05, 0) is 75.3 Å². The molecule has 29 heavy (non-hydrogen) atoms. The molecular formula is C23H31N2O3S-. The van der Waals surface area contributed by atoms with Crippen LogP contribution < -0.4 is 0 Å². The number of ether oxygens (including phenoxy) is 2. The molecule has 2 saturated heterocycles. The van der Waals surface area contributed by atoms with Gasteiger partial charge >= 0.3 is 0 Å². The molecule has 2 aliphatic heterocycles. The highest BCUT2D eigenvalue weighted by molar-refractivity contribution is 7.99. The van der Waals surface area contributed by atoms with E-state index in [2.05, 4.69) is 29.2 Å². The first-order valence-electron chi connectivity index (χ1n) is 10.7. The minimum Gasteiger partial charge on any atom is -0.632 e. The van der Waals surface area contributed by atoms with E-state index in [1.807, 2.05) is 18.2 Å². The Morgan fingerprint density at radius 3 is 2.83 bits per heavy atom. The largest absolute Gasteiger partial charge is 0.632 e. The van der Waals surface area contributed by atoms with Gasteiger partial charge < -0.3 is 24.8 Å². The molecule has 2 heterocycles. The average Bonchev–Trinajstić information content (AvgIpc) is 3.26. The number of thioether (sulfide) groups is 1. The normalized spacial score (nSPS) is 24.2. The summed E-state index contributed by atoms with van der Waals surface area (Å²) in [5.41, 5.74) is 1.25. The van der Waals surface area contributed by atoms with Gasteiger partial charge in [-0.15, -0.1) is 17.8 Å². The van der Waals surface area contributed by atoms with Crippen LogP contribution in [0.25, 0.3) is 5.32 Å². The third-order valence-electron chi connectivity index (χ3n) is 5.57. The van der Waals surface area contributed by atoms with Gasteiger partial charge in [0.2, 0.25) is 0 Å². The molecule has 0 spiro atoms. The van der Waals surface area contributed by atoms with E-state index >= 15 is 0 Å². The van der Waals surface area contributed by atoms with Crippen molar-refractivity contribution < 1.29 is 14.6 Å². The lowest BCUT2D eigenvalue weighted by molar-refractivity contribution is -0.0418. The molecule has 5 nitrogen and oxygen atoms in total. The van der Waals surface area contributed by atoms with Gasteiger partial charge in [-0.3, -0.25) is 0 Å². The number of hydrogen-bond donors (Lipinski definition) is 1. The van der Waals surface area contributed by atoms with Crippen molar-refractivity contribution in [3.63, 3.8) is 0 Å². The van der Waals surface area contributed by atoms with Crippen LogP contribution in [0.5, 0.6) is 0 Å². The maximum Gasteiger partial charge on any atom is 0.125 e. The molecular weight excluding hydrogens is 384 g/mol. The van der Waals surface area contributed by atoms with Crippen LogP contribution in [0.4, 0.5) is 0 Å². The summed E-state index contributed by atoms with van der Waals surface area (Å²) < 4.78 is 11.6. The molecule has 1 N–H and O–H groups in total. The van der Waals surface area contributed by atoms with Crippen molar-refractivity contribution in [2.45, 2.75) is 49.0 Å². The Morgan fingerprint density at radius 2 is 2.00 bits per heavy atom. The Labute approximate surface area is 178 Å². The first kappa shape index (κ1) is 20.9. The molecule has 1 aliphatic carbocycles. The molecule has 3 unspecified atom stereocenters. The molecule has 2 fully saturated rings. The zero-order valence-corrected chi connectivity index (χ0v) is 17.7. The second-order valence-electron chi connectivity index (χ2n) is 7.89.